The Morgan fingerprint density at radius 2 is 0.912 bits per heavy atom. The number of allylic oxidation sites excluding steroid dienone is 5. The fourth-order valence-electron chi connectivity index (χ4n) is 9.43. The lowest BCUT2D eigenvalue weighted by Gasteiger charge is -2.41. The summed E-state index contributed by atoms with van der Waals surface area (Å²) in [4.78, 5) is 8.67. The Hall–Kier alpha value is -5.00. The van der Waals surface area contributed by atoms with E-state index in [1.54, 1.807) is 0 Å². The van der Waals surface area contributed by atoms with Gasteiger partial charge in [0, 0.05) is 28.2 Å². The molecular weight excluding hydrogens is 926 g/mol. The lowest BCUT2D eigenvalue weighted by molar-refractivity contribution is 0.485. The van der Waals surface area contributed by atoms with E-state index in [1.165, 1.54) is 5.69 Å². The summed E-state index contributed by atoms with van der Waals surface area (Å²) in [6.07, 6.45) is 11.9. The molecule has 0 amide bonds. The third-order valence-electron chi connectivity index (χ3n) is 13.6. The van der Waals surface area contributed by atoms with Crippen molar-refractivity contribution in [1.82, 2.24) is 28.2 Å². The lowest BCUT2D eigenvalue weighted by Crippen LogP contribution is -2.54. The van der Waals surface area contributed by atoms with Crippen LogP contribution in [0.3, 0.4) is 0 Å². The van der Waals surface area contributed by atoms with Gasteiger partial charge in [-0.15, -0.1) is 23.2 Å². The molecule has 4 unspecified atom stereocenters. The second-order valence-corrected chi connectivity index (χ2v) is 24.2. The van der Waals surface area contributed by atoms with Gasteiger partial charge in [0.25, 0.3) is 0 Å². The molecular formula is C56H62Cl4N8+4. The van der Waals surface area contributed by atoms with E-state index in [0.29, 0.717) is 29.3 Å². The van der Waals surface area contributed by atoms with Gasteiger partial charge in [0.1, 0.15) is 22.7 Å². The number of nitrogens with zero attached hydrogens (tertiary/aromatic N) is 6. The van der Waals surface area contributed by atoms with E-state index in [0.717, 1.165) is 73.3 Å². The van der Waals surface area contributed by atoms with Crippen LogP contribution in [0.2, 0.25) is 0 Å². The molecule has 0 fully saturated rings. The maximum absolute atomic E-state index is 8.29. The Morgan fingerprint density at radius 1 is 0.456 bits per heavy atom. The summed E-state index contributed by atoms with van der Waals surface area (Å²) in [5.41, 5.74) is 13.9. The molecule has 350 valence electrons. The molecule has 0 aliphatic carbocycles. The van der Waals surface area contributed by atoms with Gasteiger partial charge < -0.3 is 10.3 Å². The Morgan fingerprint density at radius 3 is 1.40 bits per heavy atom. The van der Waals surface area contributed by atoms with E-state index in [4.69, 9.17) is 56.4 Å². The van der Waals surface area contributed by atoms with Gasteiger partial charge in [-0.25, -0.2) is 4.99 Å². The number of nitrogens with one attached hydrogen (secondary N) is 2. The van der Waals surface area contributed by atoms with Crippen LogP contribution < -0.4 is 23.2 Å². The number of halogens is 4. The number of quaternary nitrogens is 4. The van der Waals surface area contributed by atoms with Crippen molar-refractivity contribution in [2.45, 2.75) is 19.7 Å². The molecule has 0 spiro atoms. The number of alkyl halides is 4. The average molecular weight is 989 g/mol. The number of H-pyrrole nitrogens is 1. The number of rotatable bonds is 8. The van der Waals surface area contributed by atoms with Gasteiger partial charge in [-0.05, 0) is 144 Å². The third kappa shape index (κ3) is 8.07. The molecule has 4 aromatic carbocycles. The molecule has 8 nitrogen and oxygen atoms in total. The maximum atomic E-state index is 8.29. The van der Waals surface area contributed by atoms with Gasteiger partial charge in [0.2, 0.25) is 0 Å². The van der Waals surface area contributed by atoms with Crippen molar-refractivity contribution in [2.24, 2.45) is 9.98 Å². The van der Waals surface area contributed by atoms with Gasteiger partial charge >= 0.3 is 0 Å². The largest absolute Gasteiger partial charge is 0.361 e. The zero-order chi connectivity index (χ0) is 49.0. The van der Waals surface area contributed by atoms with E-state index < -0.39 is 19.7 Å². The van der Waals surface area contributed by atoms with Crippen LogP contribution in [0.1, 0.15) is 33.6 Å². The first-order valence-electron chi connectivity index (χ1n) is 22.8. The highest BCUT2D eigenvalue weighted by atomic mass is 35.5. The molecule has 4 atom stereocenters. The summed E-state index contributed by atoms with van der Waals surface area (Å²) in [7, 11) is 25.8. The summed E-state index contributed by atoms with van der Waals surface area (Å²) in [6, 6.07) is 37.9. The van der Waals surface area contributed by atoms with Crippen LogP contribution in [0.15, 0.2) is 167 Å². The first-order chi connectivity index (χ1) is 31.7. The Balaban J connectivity index is 1.35. The number of benzene rings is 4. The topological polar surface area (TPSA) is 52.5 Å². The van der Waals surface area contributed by atoms with Crippen molar-refractivity contribution >= 4 is 91.7 Å². The highest BCUT2D eigenvalue weighted by Crippen LogP contribution is 2.57. The van der Waals surface area contributed by atoms with Crippen molar-refractivity contribution in [2.75, 3.05) is 84.6 Å². The smallest absolute Gasteiger partial charge is 0.181 e. The monoisotopic (exact) mass is 986 g/mol. The highest BCUT2D eigenvalue weighted by Gasteiger charge is 2.60. The van der Waals surface area contributed by atoms with Crippen LogP contribution in [0.25, 0.3) is 11.1 Å². The molecule has 1 aromatic heterocycles. The summed E-state index contributed by atoms with van der Waals surface area (Å²) in [5, 5.41) is 3.75. The maximum Gasteiger partial charge on any atom is 0.181 e. The minimum Gasteiger partial charge on any atom is -0.361 e. The fraction of sp³-hybridized carbons (Fsp3) is 0.286. The van der Waals surface area contributed by atoms with E-state index in [9.17, 15) is 0 Å². The standard InChI is InChI=1S/C56H62Cl4N8/c1-65(2,3)41-21-13-37(14-22-41)51-45-29-30-46(61-45)52(38-15-23-42(24-16-38)66(4,5)6)48-33-35-53(57,63-48)56(60,40-19-27-44(28-20-40)68(10,11)12)50-34-36-54(58,64-50)55(59,49-32-31-47(51)62-49)39-17-25-43(26-18-39)67(7,8)9/h13-36,62-63H,1-12H3/q+4. The van der Waals surface area contributed by atoms with Gasteiger partial charge in [-0.3, -0.25) is 22.9 Å². The first-order valence-corrected chi connectivity index (χ1v) is 24.4. The van der Waals surface area contributed by atoms with E-state index in [-0.39, 0.29) is 0 Å². The zero-order valence-corrected chi connectivity index (χ0v) is 44.1. The predicted octanol–water partition coefficient (Wildman–Crippen LogP) is 11.7. The molecule has 4 aliphatic heterocycles. The number of hydrogen-bond acceptors (Lipinski definition) is 3. The van der Waals surface area contributed by atoms with Crippen molar-refractivity contribution < 1.29 is 0 Å². The average Bonchev–Trinajstić information content (AvgIpc) is 4.12. The third-order valence-corrected chi connectivity index (χ3v) is 16.2. The quantitative estimate of drug-likeness (QED) is 0.0908. The van der Waals surface area contributed by atoms with Gasteiger partial charge in [0.15, 0.2) is 19.7 Å². The molecule has 8 bridgehead atoms. The van der Waals surface area contributed by atoms with Crippen LogP contribution >= 0.6 is 46.4 Å². The zero-order valence-electron chi connectivity index (χ0n) is 41.1. The molecule has 9 rings (SSSR count). The van der Waals surface area contributed by atoms with Crippen molar-refractivity contribution in [3.63, 3.8) is 0 Å². The van der Waals surface area contributed by atoms with Crippen molar-refractivity contribution in [3.8, 4) is 0 Å². The summed E-state index contributed by atoms with van der Waals surface area (Å²) in [6.45, 7) is 0. The van der Waals surface area contributed by atoms with Gasteiger partial charge in [-0.1, -0.05) is 47.5 Å². The Labute approximate surface area is 422 Å². The number of aromatic nitrogens is 1. The van der Waals surface area contributed by atoms with Crippen LogP contribution in [-0.2, 0) is 9.75 Å². The summed E-state index contributed by atoms with van der Waals surface area (Å²) in [5.74, 6) is 0. The highest BCUT2D eigenvalue weighted by molar-refractivity contribution is 6.47. The van der Waals surface area contributed by atoms with Gasteiger partial charge in [-0.2, -0.15) is 0 Å². The SMILES string of the molecule is C[N+](C)(C)c1ccc(C2=C3C=CC(Cl)(N3)C(Cl)(c3ccc([N+](C)(C)C)cc3)C3=NC(Cl)(C=C3)C(Cl)(c3ccc([N+](C)(C)C)cc3)c3ccc([nH]3)C(c3ccc([N+](C)(C)C)cc3)=C3C=CC2=N3)cc1. The van der Waals surface area contributed by atoms with E-state index >= 15 is 0 Å². The second-order valence-electron chi connectivity index (χ2n) is 21.9. The molecule has 0 saturated heterocycles. The number of fused-ring (bicyclic) bond motifs is 6. The van der Waals surface area contributed by atoms with Crippen LogP contribution in [0.4, 0.5) is 22.7 Å². The number of aromatic amines is 1. The van der Waals surface area contributed by atoms with Crippen LogP contribution in [0, 0.1) is 0 Å². The molecule has 0 saturated carbocycles. The van der Waals surface area contributed by atoms with Crippen LogP contribution in [0.5, 0.6) is 0 Å². The Kier molecular flexibility index (Phi) is 11.5. The second kappa shape index (κ2) is 16.3. The number of hydrogen-bond donors (Lipinski definition) is 2. The molecule has 5 heterocycles. The van der Waals surface area contributed by atoms with Crippen molar-refractivity contribution in [1.29, 1.82) is 0 Å². The van der Waals surface area contributed by atoms with E-state index in [2.05, 4.69) is 186 Å². The molecule has 68 heavy (non-hydrogen) atoms. The van der Waals surface area contributed by atoms with Crippen LogP contribution in [-0.4, -0.2) is 111 Å². The fourth-order valence-corrected chi connectivity index (χ4v) is 10.8. The molecule has 5 aromatic rings. The Bertz CT molecular complexity index is 3040. The van der Waals surface area contributed by atoms with E-state index in [1.807, 2.05) is 54.6 Å². The summed E-state index contributed by atoms with van der Waals surface area (Å²) >= 11 is 32.7. The minimum absolute atomic E-state index is 0.444. The minimum atomic E-state index is -1.60. The molecule has 12 heteroatoms. The molecule has 4 aliphatic rings. The first kappa shape index (κ1) is 48.0. The normalized spacial score (nSPS) is 25.0. The van der Waals surface area contributed by atoms with Gasteiger partial charge in [0.05, 0.1) is 102 Å². The summed E-state index contributed by atoms with van der Waals surface area (Å²) < 4.78 is 2.58. The lowest BCUT2D eigenvalue weighted by atomic mass is 9.85. The predicted molar refractivity (Wildman–Crippen MR) is 295 cm³/mol. The number of aliphatic imine (C=N–C) groups is 2. The molecule has 0 radical (unpaired) electrons. The van der Waals surface area contributed by atoms with Crippen molar-refractivity contribution in [3.05, 3.63) is 191 Å². The molecule has 2 N–H and O–H groups in total.